The van der Waals surface area contributed by atoms with Gasteiger partial charge in [-0.1, -0.05) is 6.92 Å². The molecule has 68 valence electrons. The fraction of sp³-hybridized carbons (Fsp3) is 0.625. The van der Waals surface area contributed by atoms with Crippen LogP contribution in [0.3, 0.4) is 0 Å². The van der Waals surface area contributed by atoms with E-state index in [-0.39, 0.29) is 6.04 Å². The largest absolute Gasteiger partial charge is 0.323 e. The van der Waals surface area contributed by atoms with Crippen LogP contribution in [0.2, 0.25) is 0 Å². The van der Waals surface area contributed by atoms with Crippen molar-refractivity contribution in [3.8, 4) is 0 Å². The Morgan fingerprint density at radius 2 is 2.25 bits per heavy atom. The number of nitrogens with zero attached hydrogens (tertiary/aromatic N) is 2. The lowest BCUT2D eigenvalue weighted by atomic mass is 10.1. The molecular weight excluding hydrogens is 218 g/mol. The van der Waals surface area contributed by atoms with E-state index in [1.54, 1.807) is 0 Å². The van der Waals surface area contributed by atoms with Crippen molar-refractivity contribution in [3.63, 3.8) is 0 Å². The smallest absolute Gasteiger partial charge is 0.0739 e. The van der Waals surface area contributed by atoms with Crippen molar-refractivity contribution in [2.75, 3.05) is 0 Å². The normalized spacial score (nSPS) is 13.4. The quantitative estimate of drug-likeness (QED) is 0.846. The van der Waals surface area contributed by atoms with Crippen molar-refractivity contribution >= 4 is 15.9 Å². The molecule has 0 fully saturated rings. The molecule has 0 aliphatic carbocycles. The zero-order valence-corrected chi connectivity index (χ0v) is 9.22. The van der Waals surface area contributed by atoms with Crippen LogP contribution < -0.4 is 5.73 Å². The van der Waals surface area contributed by atoms with Crippen molar-refractivity contribution in [2.24, 2.45) is 12.8 Å². The first-order chi connectivity index (χ1) is 5.57. The van der Waals surface area contributed by atoms with E-state index in [1.165, 1.54) is 0 Å². The summed E-state index contributed by atoms with van der Waals surface area (Å²) in [6.45, 7) is 4.04. The molecule has 0 radical (unpaired) electrons. The van der Waals surface area contributed by atoms with E-state index in [0.717, 1.165) is 22.3 Å². The van der Waals surface area contributed by atoms with Gasteiger partial charge in [-0.25, -0.2) is 0 Å². The van der Waals surface area contributed by atoms with E-state index in [4.69, 9.17) is 5.73 Å². The molecule has 1 aromatic rings. The molecule has 1 atom stereocenters. The Labute approximate surface area is 81.1 Å². The van der Waals surface area contributed by atoms with Crippen LogP contribution in [0.25, 0.3) is 0 Å². The number of rotatable bonds is 2. The molecule has 3 nitrogen and oxygen atoms in total. The second-order valence-corrected chi connectivity index (χ2v) is 3.72. The molecule has 1 unspecified atom stereocenters. The van der Waals surface area contributed by atoms with E-state index in [1.807, 2.05) is 18.7 Å². The molecule has 2 N–H and O–H groups in total. The van der Waals surface area contributed by atoms with Gasteiger partial charge in [0.2, 0.25) is 0 Å². The molecule has 0 aliphatic heterocycles. The highest BCUT2D eigenvalue weighted by Gasteiger charge is 2.15. The first-order valence-electron chi connectivity index (χ1n) is 4.02. The molecule has 0 bridgehead atoms. The van der Waals surface area contributed by atoms with Crippen LogP contribution in [-0.4, -0.2) is 9.78 Å². The topological polar surface area (TPSA) is 43.8 Å². The van der Waals surface area contributed by atoms with Crippen molar-refractivity contribution in [3.05, 3.63) is 15.9 Å². The number of nitrogens with two attached hydrogens (primary N) is 1. The molecule has 0 saturated carbocycles. The van der Waals surface area contributed by atoms with Crippen LogP contribution in [0.5, 0.6) is 0 Å². The van der Waals surface area contributed by atoms with Crippen molar-refractivity contribution < 1.29 is 0 Å². The fourth-order valence-corrected chi connectivity index (χ4v) is 1.88. The summed E-state index contributed by atoms with van der Waals surface area (Å²) in [7, 11) is 1.92. The third-order valence-corrected chi connectivity index (χ3v) is 2.96. The second kappa shape index (κ2) is 3.58. The van der Waals surface area contributed by atoms with E-state index < -0.39 is 0 Å². The molecule has 0 spiro atoms. The predicted molar refractivity (Wildman–Crippen MR) is 52.9 cm³/mol. The van der Waals surface area contributed by atoms with Gasteiger partial charge in [0.05, 0.1) is 15.9 Å². The Kier molecular flexibility index (Phi) is 2.90. The van der Waals surface area contributed by atoms with E-state index in [0.29, 0.717) is 0 Å². The summed E-state index contributed by atoms with van der Waals surface area (Å²) < 4.78 is 2.88. The molecule has 1 aromatic heterocycles. The lowest BCUT2D eigenvalue weighted by Crippen LogP contribution is -2.13. The summed E-state index contributed by atoms with van der Waals surface area (Å²) in [5, 5.41) is 4.27. The maximum atomic E-state index is 5.92. The summed E-state index contributed by atoms with van der Waals surface area (Å²) in [5.41, 5.74) is 7.99. The van der Waals surface area contributed by atoms with Crippen LogP contribution in [-0.2, 0) is 7.05 Å². The van der Waals surface area contributed by atoms with Crippen molar-refractivity contribution in [2.45, 2.75) is 26.3 Å². The zero-order valence-electron chi connectivity index (χ0n) is 7.63. The first kappa shape index (κ1) is 9.74. The third kappa shape index (κ3) is 1.54. The van der Waals surface area contributed by atoms with Crippen molar-refractivity contribution in [1.82, 2.24) is 9.78 Å². The molecule has 0 aliphatic rings. The summed E-state index contributed by atoms with van der Waals surface area (Å²) in [6.07, 6.45) is 0.928. The van der Waals surface area contributed by atoms with Gasteiger partial charge in [-0.05, 0) is 29.3 Å². The summed E-state index contributed by atoms with van der Waals surface area (Å²) in [5.74, 6) is 0. The Hall–Kier alpha value is -0.350. The number of hydrogen-bond donors (Lipinski definition) is 1. The van der Waals surface area contributed by atoms with Crippen LogP contribution in [0.4, 0.5) is 0 Å². The zero-order chi connectivity index (χ0) is 9.30. The molecule has 0 amide bonds. The summed E-state index contributed by atoms with van der Waals surface area (Å²) in [6, 6.07) is 0.0746. The van der Waals surface area contributed by atoms with Gasteiger partial charge in [0.15, 0.2) is 0 Å². The molecule has 1 rings (SSSR count). The van der Waals surface area contributed by atoms with E-state index in [9.17, 15) is 0 Å². The van der Waals surface area contributed by atoms with Gasteiger partial charge in [0.25, 0.3) is 0 Å². The minimum atomic E-state index is 0.0746. The van der Waals surface area contributed by atoms with Gasteiger partial charge in [0.1, 0.15) is 0 Å². The number of halogens is 1. The molecule has 0 saturated heterocycles. The van der Waals surface area contributed by atoms with Crippen LogP contribution >= 0.6 is 15.9 Å². The maximum Gasteiger partial charge on any atom is 0.0739 e. The average molecular weight is 232 g/mol. The van der Waals surface area contributed by atoms with Gasteiger partial charge in [-0.3, -0.25) is 4.68 Å². The Bertz CT molecular complexity index is 280. The maximum absolute atomic E-state index is 5.92. The number of aromatic nitrogens is 2. The first-order valence-corrected chi connectivity index (χ1v) is 4.81. The van der Waals surface area contributed by atoms with E-state index >= 15 is 0 Å². The second-order valence-electron chi connectivity index (χ2n) is 2.92. The molecule has 0 aromatic carbocycles. The van der Waals surface area contributed by atoms with Crippen molar-refractivity contribution in [1.29, 1.82) is 0 Å². The van der Waals surface area contributed by atoms with Crippen LogP contribution in [0.1, 0.15) is 30.8 Å². The summed E-state index contributed by atoms with van der Waals surface area (Å²) in [4.78, 5) is 0. The highest BCUT2D eigenvalue weighted by molar-refractivity contribution is 9.10. The molecular formula is C8H14BrN3. The monoisotopic (exact) mass is 231 g/mol. The molecule has 12 heavy (non-hydrogen) atoms. The molecule has 1 heterocycles. The number of hydrogen-bond acceptors (Lipinski definition) is 2. The standard InChI is InChI=1S/C8H14BrN3/c1-4-6(10)8-7(9)5(2)11-12(8)3/h6H,4,10H2,1-3H3. The highest BCUT2D eigenvalue weighted by atomic mass is 79.9. The van der Waals surface area contributed by atoms with Crippen LogP contribution in [0, 0.1) is 6.92 Å². The minimum absolute atomic E-state index is 0.0746. The van der Waals surface area contributed by atoms with Gasteiger partial charge in [-0.15, -0.1) is 0 Å². The lowest BCUT2D eigenvalue weighted by Gasteiger charge is -2.09. The van der Waals surface area contributed by atoms with Crippen LogP contribution in [0.15, 0.2) is 4.47 Å². The predicted octanol–water partition coefficient (Wildman–Crippen LogP) is 1.90. The Balaban J connectivity index is 3.13. The van der Waals surface area contributed by atoms with Gasteiger partial charge >= 0.3 is 0 Å². The Morgan fingerprint density at radius 3 is 2.58 bits per heavy atom. The van der Waals surface area contributed by atoms with Gasteiger partial charge < -0.3 is 5.73 Å². The van der Waals surface area contributed by atoms with Gasteiger partial charge in [0, 0.05) is 13.1 Å². The average Bonchev–Trinajstić information content (AvgIpc) is 2.26. The SMILES string of the molecule is CCC(N)c1c(Br)c(C)nn1C. The lowest BCUT2D eigenvalue weighted by molar-refractivity contribution is 0.602. The third-order valence-electron chi connectivity index (χ3n) is 1.98. The van der Waals surface area contributed by atoms with E-state index in [2.05, 4.69) is 28.0 Å². The number of aryl methyl sites for hydroxylation is 2. The highest BCUT2D eigenvalue weighted by Crippen LogP contribution is 2.25. The van der Waals surface area contributed by atoms with Gasteiger partial charge in [-0.2, -0.15) is 5.10 Å². The Morgan fingerprint density at radius 1 is 1.67 bits per heavy atom. The minimum Gasteiger partial charge on any atom is -0.323 e. The fourth-order valence-electron chi connectivity index (χ4n) is 1.25. The molecule has 4 heteroatoms. The summed E-state index contributed by atoms with van der Waals surface area (Å²) >= 11 is 3.48.